The van der Waals surface area contributed by atoms with Gasteiger partial charge in [0.15, 0.2) is 5.76 Å². The maximum atomic E-state index is 14.2. The third-order valence-electron chi connectivity index (χ3n) is 5.19. The number of alkyl carbamates (subject to hydrolysis) is 1. The molecule has 2 heterocycles. The zero-order chi connectivity index (χ0) is 22.3. The summed E-state index contributed by atoms with van der Waals surface area (Å²) in [6.07, 6.45) is 0.639. The number of cyclic esters (lactones) is 1. The van der Waals surface area contributed by atoms with Crippen molar-refractivity contribution in [3.8, 4) is 11.3 Å². The van der Waals surface area contributed by atoms with Crippen LogP contribution in [0.1, 0.15) is 25.3 Å². The van der Waals surface area contributed by atoms with Gasteiger partial charge in [-0.2, -0.15) is 0 Å². The number of H-pyrrole nitrogens is 1. The quantitative estimate of drug-likeness (QED) is 0.510. The number of benzene rings is 2. The Labute approximate surface area is 185 Å². The molecule has 0 spiro atoms. The first-order valence-corrected chi connectivity index (χ1v) is 10.4. The van der Waals surface area contributed by atoms with E-state index in [0.29, 0.717) is 26.7 Å². The summed E-state index contributed by atoms with van der Waals surface area (Å²) in [5.41, 5.74) is 1.21. The molecule has 4 rings (SSSR count). The van der Waals surface area contributed by atoms with E-state index in [1.54, 1.807) is 24.3 Å². The minimum Gasteiger partial charge on any atom is -0.404 e. The van der Waals surface area contributed by atoms with Gasteiger partial charge in [-0.1, -0.05) is 38.1 Å². The summed E-state index contributed by atoms with van der Waals surface area (Å²) in [5.74, 6) is -1.65. The summed E-state index contributed by atoms with van der Waals surface area (Å²) in [5, 5.41) is 3.26. The average molecular weight is 485 g/mol. The number of imide groups is 1. The van der Waals surface area contributed by atoms with E-state index >= 15 is 0 Å². The molecular weight excluding hydrogens is 467 g/mol. The second-order valence-electron chi connectivity index (χ2n) is 7.60. The Hall–Kier alpha value is -3.26. The van der Waals surface area contributed by atoms with Crippen LogP contribution in [0.5, 0.6) is 0 Å². The summed E-state index contributed by atoms with van der Waals surface area (Å²) in [7, 11) is 0. The van der Waals surface area contributed by atoms with Crippen LogP contribution in [0.25, 0.3) is 22.0 Å². The second-order valence-corrected chi connectivity index (χ2v) is 8.45. The van der Waals surface area contributed by atoms with Gasteiger partial charge < -0.3 is 9.72 Å². The molecule has 6 nitrogen and oxygen atoms in total. The summed E-state index contributed by atoms with van der Waals surface area (Å²) in [6, 6.07) is 11.8. The molecule has 31 heavy (non-hydrogen) atoms. The highest BCUT2D eigenvalue weighted by Gasteiger charge is 2.29. The Bertz CT molecular complexity index is 1310. The zero-order valence-electron chi connectivity index (χ0n) is 16.7. The number of carbonyl (C=O) groups excluding carboxylic acids is 2. The van der Waals surface area contributed by atoms with E-state index in [4.69, 9.17) is 4.74 Å². The molecule has 1 saturated heterocycles. The topological polar surface area (TPSA) is 88.3 Å². The van der Waals surface area contributed by atoms with Crippen molar-refractivity contribution in [3.05, 3.63) is 80.5 Å². The SMILES string of the molecule is CC(C)C(/C=C1\OC(=O)NC1=O)c1cc(Br)c(-c2ccc3cccc(F)c3c2)[nH]c1=O. The molecule has 0 radical (unpaired) electrons. The van der Waals surface area contributed by atoms with Crippen LogP contribution in [0.3, 0.4) is 0 Å². The zero-order valence-corrected chi connectivity index (χ0v) is 18.2. The molecular formula is C23H18BrFN2O4. The number of pyridine rings is 1. The van der Waals surface area contributed by atoms with Gasteiger partial charge in [-0.3, -0.25) is 14.9 Å². The predicted molar refractivity (Wildman–Crippen MR) is 118 cm³/mol. The van der Waals surface area contributed by atoms with E-state index in [1.165, 1.54) is 12.1 Å². The van der Waals surface area contributed by atoms with Crippen LogP contribution >= 0.6 is 15.9 Å². The van der Waals surface area contributed by atoms with Crippen LogP contribution in [-0.2, 0) is 9.53 Å². The molecule has 1 fully saturated rings. The first-order chi connectivity index (χ1) is 14.7. The number of aromatic nitrogens is 1. The monoisotopic (exact) mass is 484 g/mol. The first kappa shape index (κ1) is 21.0. The van der Waals surface area contributed by atoms with Crippen molar-refractivity contribution in [2.45, 2.75) is 19.8 Å². The molecule has 1 aromatic heterocycles. The number of carbonyl (C=O) groups is 2. The summed E-state index contributed by atoms with van der Waals surface area (Å²) in [4.78, 5) is 39.0. The maximum absolute atomic E-state index is 14.2. The van der Waals surface area contributed by atoms with Crippen LogP contribution in [-0.4, -0.2) is 17.0 Å². The molecule has 2 N–H and O–H groups in total. The largest absolute Gasteiger partial charge is 0.419 e. The minimum absolute atomic E-state index is 0.0618. The van der Waals surface area contributed by atoms with Gasteiger partial charge in [-0.05, 0) is 57.1 Å². The Morgan fingerprint density at radius 1 is 1.10 bits per heavy atom. The molecule has 1 unspecified atom stereocenters. The molecule has 1 aliphatic heterocycles. The number of amides is 2. The van der Waals surface area contributed by atoms with Crippen molar-refractivity contribution in [3.63, 3.8) is 0 Å². The van der Waals surface area contributed by atoms with Gasteiger partial charge in [-0.25, -0.2) is 9.18 Å². The van der Waals surface area contributed by atoms with E-state index in [9.17, 15) is 18.8 Å². The lowest BCUT2D eigenvalue weighted by molar-refractivity contribution is -0.116. The van der Waals surface area contributed by atoms with Gasteiger partial charge in [0.25, 0.3) is 11.5 Å². The lowest BCUT2D eigenvalue weighted by atomic mass is 9.88. The maximum Gasteiger partial charge on any atom is 0.419 e. The number of hydrogen-bond donors (Lipinski definition) is 2. The molecule has 158 valence electrons. The number of rotatable bonds is 4. The van der Waals surface area contributed by atoms with Crippen molar-refractivity contribution in [2.24, 2.45) is 5.92 Å². The van der Waals surface area contributed by atoms with Gasteiger partial charge in [0.2, 0.25) is 0 Å². The summed E-state index contributed by atoms with van der Waals surface area (Å²) in [6.45, 7) is 3.79. The van der Waals surface area contributed by atoms with Gasteiger partial charge in [0.05, 0.1) is 5.69 Å². The highest BCUT2D eigenvalue weighted by molar-refractivity contribution is 9.10. The van der Waals surface area contributed by atoms with Gasteiger partial charge in [0, 0.05) is 21.3 Å². The molecule has 3 aromatic rings. The molecule has 2 aromatic carbocycles. The van der Waals surface area contributed by atoms with Crippen molar-refractivity contribution in [1.29, 1.82) is 0 Å². The smallest absolute Gasteiger partial charge is 0.404 e. The number of allylic oxidation sites excluding steroid dienone is 1. The summed E-state index contributed by atoms with van der Waals surface area (Å²) < 4.78 is 19.7. The number of fused-ring (bicyclic) bond motifs is 1. The van der Waals surface area contributed by atoms with Crippen molar-refractivity contribution in [1.82, 2.24) is 10.3 Å². The fourth-order valence-electron chi connectivity index (χ4n) is 3.61. The second kappa shape index (κ2) is 8.11. The van der Waals surface area contributed by atoms with Crippen LogP contribution in [0.15, 0.2) is 63.6 Å². The molecule has 2 amide bonds. The van der Waals surface area contributed by atoms with Crippen LogP contribution < -0.4 is 10.9 Å². The molecule has 8 heteroatoms. The third-order valence-corrected chi connectivity index (χ3v) is 5.82. The predicted octanol–water partition coefficient (Wildman–Crippen LogP) is 4.99. The number of aromatic amines is 1. The lowest BCUT2D eigenvalue weighted by Gasteiger charge is -2.18. The van der Waals surface area contributed by atoms with Crippen LogP contribution in [0, 0.1) is 11.7 Å². The van der Waals surface area contributed by atoms with E-state index in [0.717, 1.165) is 5.39 Å². The third kappa shape index (κ3) is 4.03. The molecule has 1 atom stereocenters. The van der Waals surface area contributed by atoms with Crippen LogP contribution in [0.2, 0.25) is 0 Å². The molecule has 0 bridgehead atoms. The normalized spacial score (nSPS) is 16.1. The Balaban J connectivity index is 1.79. The highest BCUT2D eigenvalue weighted by atomic mass is 79.9. The Kier molecular flexibility index (Phi) is 5.49. The van der Waals surface area contributed by atoms with E-state index in [-0.39, 0.29) is 23.1 Å². The first-order valence-electron chi connectivity index (χ1n) is 9.61. The number of hydrogen-bond acceptors (Lipinski definition) is 4. The molecule has 0 aliphatic carbocycles. The Morgan fingerprint density at radius 3 is 2.55 bits per heavy atom. The highest BCUT2D eigenvalue weighted by Crippen LogP contribution is 2.33. The van der Waals surface area contributed by atoms with Gasteiger partial charge in [-0.15, -0.1) is 0 Å². The lowest BCUT2D eigenvalue weighted by Crippen LogP contribution is -2.21. The van der Waals surface area contributed by atoms with Crippen LogP contribution in [0.4, 0.5) is 9.18 Å². The number of halogens is 2. The number of ether oxygens (including phenoxy) is 1. The van der Waals surface area contributed by atoms with E-state index < -0.39 is 17.9 Å². The minimum atomic E-state index is -0.840. The summed E-state index contributed by atoms with van der Waals surface area (Å²) >= 11 is 3.50. The average Bonchev–Trinajstić information content (AvgIpc) is 3.04. The van der Waals surface area contributed by atoms with Gasteiger partial charge >= 0.3 is 6.09 Å². The van der Waals surface area contributed by atoms with E-state index in [2.05, 4.69) is 20.9 Å². The van der Waals surface area contributed by atoms with Crippen molar-refractivity contribution < 1.29 is 18.7 Å². The Morgan fingerprint density at radius 2 is 1.87 bits per heavy atom. The van der Waals surface area contributed by atoms with Gasteiger partial charge in [0.1, 0.15) is 5.82 Å². The molecule has 1 aliphatic rings. The number of nitrogens with one attached hydrogen (secondary N) is 2. The standard InChI is InChI=1S/C23H18BrFN2O4/c1-11(2)14(10-19-22(29)27-23(30)31-19)16-9-17(24)20(26-21(16)28)13-7-6-12-4-3-5-18(25)15(12)8-13/h3-11,14H,1-2H3,(H,26,28)(H,27,29,30)/b19-10-. The van der Waals surface area contributed by atoms with Crippen molar-refractivity contribution >= 4 is 38.7 Å². The fraction of sp³-hybridized carbons (Fsp3) is 0.174. The fourth-order valence-corrected chi connectivity index (χ4v) is 4.18. The van der Waals surface area contributed by atoms with E-state index in [1.807, 2.05) is 31.3 Å². The molecule has 0 saturated carbocycles. The van der Waals surface area contributed by atoms with Crippen molar-refractivity contribution in [2.75, 3.05) is 0 Å².